The number of ether oxygens (including phenoxy) is 1. The SMILES string of the molecule is COc1ccc(C(=O)O)cc1S(=O)(=O)CCC(C)(C)C. The Bertz CT molecular complexity index is 596. The van der Waals surface area contributed by atoms with Crippen molar-refractivity contribution >= 4 is 15.8 Å². The van der Waals surface area contributed by atoms with Gasteiger partial charge in [-0.15, -0.1) is 0 Å². The minimum absolute atomic E-state index is 0.0457. The lowest BCUT2D eigenvalue weighted by molar-refractivity contribution is 0.0696. The lowest BCUT2D eigenvalue weighted by Gasteiger charge is -2.18. The number of carboxylic acids is 1. The molecule has 0 aromatic heterocycles. The molecule has 0 saturated carbocycles. The van der Waals surface area contributed by atoms with Gasteiger partial charge in [0.25, 0.3) is 0 Å². The summed E-state index contributed by atoms with van der Waals surface area (Å²) in [5.74, 6) is -1.04. The van der Waals surface area contributed by atoms with E-state index >= 15 is 0 Å². The smallest absolute Gasteiger partial charge is 0.335 e. The fraction of sp³-hybridized carbons (Fsp3) is 0.500. The second-order valence-corrected chi connectivity index (χ2v) is 7.88. The van der Waals surface area contributed by atoms with Gasteiger partial charge in [0.05, 0.1) is 18.4 Å². The number of carbonyl (C=O) groups is 1. The van der Waals surface area contributed by atoms with Crippen molar-refractivity contribution in [1.29, 1.82) is 0 Å². The Kier molecular flexibility index (Phi) is 4.81. The van der Waals surface area contributed by atoms with Gasteiger partial charge in [0.2, 0.25) is 0 Å². The molecule has 112 valence electrons. The molecule has 1 aromatic carbocycles. The first-order valence-electron chi connectivity index (χ1n) is 6.21. The van der Waals surface area contributed by atoms with E-state index in [1.54, 1.807) is 0 Å². The van der Waals surface area contributed by atoms with E-state index in [4.69, 9.17) is 9.84 Å². The van der Waals surface area contributed by atoms with Crippen molar-refractivity contribution in [2.24, 2.45) is 5.41 Å². The first kappa shape index (κ1) is 16.5. The predicted octanol–water partition coefficient (Wildman–Crippen LogP) is 2.60. The normalized spacial score (nSPS) is 12.2. The lowest BCUT2D eigenvalue weighted by Crippen LogP contribution is -2.16. The lowest BCUT2D eigenvalue weighted by atomic mass is 9.94. The second-order valence-electron chi connectivity index (χ2n) is 5.80. The summed E-state index contributed by atoms with van der Waals surface area (Å²) in [5.41, 5.74) is -0.190. The topological polar surface area (TPSA) is 80.7 Å². The predicted molar refractivity (Wildman–Crippen MR) is 76.1 cm³/mol. The van der Waals surface area contributed by atoms with Crippen LogP contribution < -0.4 is 4.74 Å². The highest BCUT2D eigenvalue weighted by Crippen LogP contribution is 2.29. The number of hydrogen-bond donors (Lipinski definition) is 1. The van der Waals surface area contributed by atoms with Crippen LogP contribution in [0.3, 0.4) is 0 Å². The Hall–Kier alpha value is -1.56. The van der Waals surface area contributed by atoms with Crippen molar-refractivity contribution in [2.45, 2.75) is 32.1 Å². The first-order valence-corrected chi connectivity index (χ1v) is 7.86. The van der Waals surface area contributed by atoms with Crippen LogP contribution in [0.25, 0.3) is 0 Å². The zero-order valence-corrected chi connectivity index (χ0v) is 13.0. The Balaban J connectivity index is 3.21. The molecule has 0 saturated heterocycles. The van der Waals surface area contributed by atoms with Crippen LogP contribution in [0.4, 0.5) is 0 Å². The van der Waals surface area contributed by atoms with Crippen LogP contribution in [-0.2, 0) is 9.84 Å². The van der Waals surface area contributed by atoms with E-state index in [0.29, 0.717) is 6.42 Å². The number of aromatic carboxylic acids is 1. The fourth-order valence-electron chi connectivity index (χ4n) is 1.60. The van der Waals surface area contributed by atoms with Crippen molar-refractivity contribution in [1.82, 2.24) is 0 Å². The highest BCUT2D eigenvalue weighted by Gasteiger charge is 2.24. The van der Waals surface area contributed by atoms with Gasteiger partial charge in [-0.05, 0) is 30.0 Å². The van der Waals surface area contributed by atoms with E-state index in [-0.39, 0.29) is 27.4 Å². The van der Waals surface area contributed by atoms with Gasteiger partial charge in [-0.2, -0.15) is 0 Å². The van der Waals surface area contributed by atoms with Gasteiger partial charge < -0.3 is 9.84 Å². The number of methoxy groups -OCH3 is 1. The Morgan fingerprint density at radius 1 is 1.30 bits per heavy atom. The number of hydrogen-bond acceptors (Lipinski definition) is 4. The van der Waals surface area contributed by atoms with E-state index in [1.165, 1.54) is 19.2 Å². The van der Waals surface area contributed by atoms with Gasteiger partial charge in [-0.1, -0.05) is 20.8 Å². The number of sulfone groups is 1. The molecule has 0 heterocycles. The van der Waals surface area contributed by atoms with Crippen LogP contribution in [0.1, 0.15) is 37.6 Å². The maximum Gasteiger partial charge on any atom is 0.335 e. The minimum atomic E-state index is -3.58. The van der Waals surface area contributed by atoms with E-state index in [9.17, 15) is 13.2 Å². The zero-order valence-electron chi connectivity index (χ0n) is 12.1. The maximum absolute atomic E-state index is 12.4. The zero-order chi connectivity index (χ0) is 15.6. The highest BCUT2D eigenvalue weighted by atomic mass is 32.2. The summed E-state index contributed by atoms with van der Waals surface area (Å²) in [6, 6.07) is 3.84. The van der Waals surface area contributed by atoms with Crippen LogP contribution in [-0.4, -0.2) is 32.4 Å². The summed E-state index contributed by atoms with van der Waals surface area (Å²) in [7, 11) is -2.22. The maximum atomic E-state index is 12.4. The molecule has 0 aliphatic carbocycles. The Labute approximate surface area is 119 Å². The molecular weight excluding hydrogens is 280 g/mol. The van der Waals surface area contributed by atoms with Crippen molar-refractivity contribution in [3.8, 4) is 5.75 Å². The van der Waals surface area contributed by atoms with E-state index < -0.39 is 15.8 Å². The summed E-state index contributed by atoms with van der Waals surface area (Å²) in [6.07, 6.45) is 0.482. The summed E-state index contributed by atoms with van der Waals surface area (Å²) in [6.45, 7) is 5.86. The largest absolute Gasteiger partial charge is 0.495 e. The van der Waals surface area contributed by atoms with Crippen LogP contribution in [0.15, 0.2) is 23.1 Å². The fourth-order valence-corrected chi connectivity index (χ4v) is 3.47. The molecule has 1 N–H and O–H groups in total. The molecule has 0 aliphatic rings. The molecule has 0 amide bonds. The van der Waals surface area contributed by atoms with Crippen LogP contribution in [0.5, 0.6) is 5.75 Å². The van der Waals surface area contributed by atoms with Gasteiger partial charge in [0, 0.05) is 0 Å². The molecular formula is C14H20O5S. The molecule has 0 unspecified atom stereocenters. The van der Waals surface area contributed by atoms with E-state index in [2.05, 4.69) is 0 Å². The molecule has 0 atom stereocenters. The summed E-state index contributed by atoms with van der Waals surface area (Å²) < 4.78 is 29.7. The molecule has 6 heteroatoms. The second kappa shape index (κ2) is 5.83. The van der Waals surface area contributed by atoms with Crippen LogP contribution >= 0.6 is 0 Å². The van der Waals surface area contributed by atoms with Crippen molar-refractivity contribution in [3.63, 3.8) is 0 Å². The highest BCUT2D eigenvalue weighted by molar-refractivity contribution is 7.91. The number of benzene rings is 1. The van der Waals surface area contributed by atoms with Crippen LogP contribution in [0.2, 0.25) is 0 Å². The molecule has 1 aromatic rings. The van der Waals surface area contributed by atoms with Gasteiger partial charge in [-0.25, -0.2) is 13.2 Å². The van der Waals surface area contributed by atoms with Gasteiger partial charge in [0.15, 0.2) is 9.84 Å². The third kappa shape index (κ3) is 4.23. The molecule has 0 aliphatic heterocycles. The van der Waals surface area contributed by atoms with Gasteiger partial charge in [0.1, 0.15) is 10.6 Å². The van der Waals surface area contributed by atoms with Crippen molar-refractivity contribution in [3.05, 3.63) is 23.8 Å². The molecule has 5 nitrogen and oxygen atoms in total. The Morgan fingerprint density at radius 3 is 2.35 bits per heavy atom. The molecule has 0 bridgehead atoms. The number of rotatable bonds is 5. The van der Waals surface area contributed by atoms with E-state index in [1.807, 2.05) is 20.8 Å². The monoisotopic (exact) mass is 300 g/mol. The Morgan fingerprint density at radius 2 is 1.90 bits per heavy atom. The molecule has 0 fully saturated rings. The minimum Gasteiger partial charge on any atom is -0.495 e. The van der Waals surface area contributed by atoms with Crippen molar-refractivity contribution < 1.29 is 23.1 Å². The molecule has 0 spiro atoms. The molecule has 20 heavy (non-hydrogen) atoms. The average Bonchev–Trinajstić information content (AvgIpc) is 2.35. The molecule has 0 radical (unpaired) electrons. The van der Waals surface area contributed by atoms with E-state index in [0.717, 1.165) is 6.07 Å². The average molecular weight is 300 g/mol. The summed E-state index contributed by atoms with van der Waals surface area (Å²) >= 11 is 0. The van der Waals surface area contributed by atoms with Crippen LogP contribution in [0, 0.1) is 5.41 Å². The third-order valence-corrected chi connectivity index (χ3v) is 4.60. The number of carboxylic acid groups (broad SMARTS) is 1. The standard InChI is InChI=1S/C14H20O5S/c1-14(2,3)7-8-20(17,18)12-9-10(13(15)16)5-6-11(12)19-4/h5-6,9H,7-8H2,1-4H3,(H,15,16). The van der Waals surface area contributed by atoms with Gasteiger partial charge in [-0.3, -0.25) is 0 Å². The quantitative estimate of drug-likeness (QED) is 0.904. The third-order valence-electron chi connectivity index (χ3n) is 2.87. The summed E-state index contributed by atoms with van der Waals surface area (Å²) in [4.78, 5) is 10.9. The first-order chi connectivity index (χ1) is 9.07. The van der Waals surface area contributed by atoms with Gasteiger partial charge >= 0.3 is 5.97 Å². The molecule has 1 rings (SSSR count). The summed E-state index contributed by atoms with van der Waals surface area (Å²) in [5, 5.41) is 8.96. The van der Waals surface area contributed by atoms with Crippen molar-refractivity contribution in [2.75, 3.05) is 12.9 Å².